The van der Waals surface area contributed by atoms with E-state index in [0.29, 0.717) is 12.8 Å². The first-order valence-electron chi connectivity index (χ1n) is 11.6. The van der Waals surface area contributed by atoms with Crippen LogP contribution in [-0.2, 0) is 20.8 Å². The molecule has 198 valence electrons. The maximum absolute atomic E-state index is 10.4. The molecule has 0 heterocycles. The van der Waals surface area contributed by atoms with Crippen molar-refractivity contribution in [2.75, 3.05) is 0 Å². The van der Waals surface area contributed by atoms with E-state index in [2.05, 4.69) is 25.7 Å². The minimum atomic E-state index is -0.995. The zero-order valence-electron chi connectivity index (χ0n) is 21.3. The Kier molecular flexibility index (Phi) is 26.4. The molecule has 3 atom stereocenters. The lowest BCUT2D eigenvalue weighted by Crippen LogP contribution is -2.32. The Morgan fingerprint density at radius 1 is 0.800 bits per heavy atom. The third-order valence-electron chi connectivity index (χ3n) is 3.67. The lowest BCUT2D eigenvalue weighted by Gasteiger charge is -2.04. The summed E-state index contributed by atoms with van der Waals surface area (Å²) in [5, 5.41) is 25.1. The summed E-state index contributed by atoms with van der Waals surface area (Å²) in [6.45, 7) is 8.14. The molecule has 9 N–H and O–H groups in total. The largest absolute Gasteiger partial charge is 0.480 e. The molecule has 0 unspecified atom stereocenters. The lowest BCUT2D eigenvalue weighted by molar-refractivity contribution is -0.139. The number of carboxylic acid groups (broad SMARTS) is 3. The fourth-order valence-corrected chi connectivity index (χ4v) is 1.86. The first-order chi connectivity index (χ1) is 16.5. The monoisotopic (exact) mass is 493 g/mol. The van der Waals surface area contributed by atoms with Gasteiger partial charge in [-0.15, -0.1) is 11.8 Å². The van der Waals surface area contributed by atoms with Gasteiger partial charge in [-0.2, -0.15) is 0 Å². The van der Waals surface area contributed by atoms with Gasteiger partial charge in [0.15, 0.2) is 0 Å². The van der Waals surface area contributed by atoms with Crippen LogP contribution in [0.15, 0.2) is 42.5 Å². The van der Waals surface area contributed by atoms with Crippen molar-refractivity contribution in [3.05, 3.63) is 48.0 Å². The molecule has 0 aliphatic heterocycles. The molecule has 0 spiro atoms. The van der Waals surface area contributed by atoms with Gasteiger partial charge in [0.05, 0.1) is 0 Å². The Morgan fingerprint density at radius 3 is 1.69 bits per heavy atom. The molecule has 0 bridgehead atoms. The predicted molar refractivity (Wildman–Crippen MR) is 140 cm³/mol. The fourth-order valence-electron chi connectivity index (χ4n) is 1.86. The molecular formula is C26H43N3O6. The van der Waals surface area contributed by atoms with Crippen LogP contribution < -0.4 is 17.2 Å². The van der Waals surface area contributed by atoms with Gasteiger partial charge in [0.25, 0.3) is 0 Å². The topological polar surface area (TPSA) is 190 Å². The number of carboxylic acids is 3. The highest BCUT2D eigenvalue weighted by Crippen LogP contribution is 2.01. The zero-order chi connectivity index (χ0) is 27.6. The highest BCUT2D eigenvalue weighted by atomic mass is 16.4. The van der Waals surface area contributed by atoms with Crippen LogP contribution in [0.3, 0.4) is 0 Å². The van der Waals surface area contributed by atoms with Gasteiger partial charge in [0.1, 0.15) is 18.1 Å². The van der Waals surface area contributed by atoms with Gasteiger partial charge in [0.2, 0.25) is 0 Å². The lowest BCUT2D eigenvalue weighted by atomic mass is 10.1. The second-order valence-electron chi connectivity index (χ2n) is 7.26. The maximum Gasteiger partial charge on any atom is 0.321 e. The Hall–Kier alpha value is -3.19. The van der Waals surface area contributed by atoms with Crippen LogP contribution in [0, 0.1) is 11.8 Å². The molecule has 0 fully saturated rings. The minimum absolute atomic E-state index is 0.239. The predicted octanol–water partition coefficient (Wildman–Crippen LogP) is 3.01. The second kappa shape index (κ2) is 25.4. The molecule has 0 saturated heterocycles. The Balaban J connectivity index is -0.000000417. The van der Waals surface area contributed by atoms with E-state index in [1.54, 1.807) is 6.08 Å². The van der Waals surface area contributed by atoms with Gasteiger partial charge in [-0.25, -0.2) is 0 Å². The van der Waals surface area contributed by atoms with Gasteiger partial charge in [-0.3, -0.25) is 14.4 Å². The van der Waals surface area contributed by atoms with Crippen LogP contribution in [0.4, 0.5) is 0 Å². The molecule has 0 radical (unpaired) electrons. The first kappa shape index (κ1) is 36.4. The number of rotatable bonds is 9. The average Bonchev–Trinajstić information content (AvgIpc) is 2.81. The highest BCUT2D eigenvalue weighted by Gasteiger charge is 2.11. The van der Waals surface area contributed by atoms with Crippen molar-refractivity contribution < 1.29 is 29.7 Å². The molecule has 0 aliphatic carbocycles. The van der Waals surface area contributed by atoms with Crippen molar-refractivity contribution in [2.24, 2.45) is 17.2 Å². The van der Waals surface area contributed by atoms with E-state index in [1.165, 1.54) is 6.42 Å². The van der Waals surface area contributed by atoms with Gasteiger partial charge in [-0.05, 0) is 24.8 Å². The van der Waals surface area contributed by atoms with Crippen molar-refractivity contribution in [1.82, 2.24) is 0 Å². The molecule has 9 heteroatoms. The van der Waals surface area contributed by atoms with Crippen LogP contribution in [-0.4, -0.2) is 51.4 Å². The summed E-state index contributed by atoms with van der Waals surface area (Å²) in [4.78, 5) is 30.6. The molecule has 0 saturated carbocycles. The van der Waals surface area contributed by atoms with Crippen molar-refractivity contribution in [1.29, 1.82) is 0 Å². The number of nitrogens with two attached hydrogens (primary N) is 3. The first-order valence-corrected chi connectivity index (χ1v) is 11.6. The smallest absolute Gasteiger partial charge is 0.321 e. The van der Waals surface area contributed by atoms with E-state index < -0.39 is 36.0 Å². The number of benzene rings is 1. The molecule has 0 aliphatic rings. The molecule has 1 rings (SSSR count). The van der Waals surface area contributed by atoms with Gasteiger partial charge < -0.3 is 32.5 Å². The van der Waals surface area contributed by atoms with Gasteiger partial charge in [-0.1, -0.05) is 76.6 Å². The van der Waals surface area contributed by atoms with Crippen molar-refractivity contribution >= 4 is 17.9 Å². The maximum atomic E-state index is 10.4. The summed E-state index contributed by atoms with van der Waals surface area (Å²) < 4.78 is 0. The van der Waals surface area contributed by atoms with Crippen molar-refractivity contribution in [2.45, 2.75) is 84.3 Å². The van der Waals surface area contributed by atoms with E-state index in [1.807, 2.05) is 50.3 Å². The number of hydrogen-bond acceptors (Lipinski definition) is 6. The Labute approximate surface area is 209 Å². The van der Waals surface area contributed by atoms with Crippen LogP contribution >= 0.6 is 0 Å². The van der Waals surface area contributed by atoms with E-state index >= 15 is 0 Å². The molecule has 9 nitrogen and oxygen atoms in total. The Bertz CT molecular complexity index is 772. The summed E-state index contributed by atoms with van der Waals surface area (Å²) in [6, 6.07) is 6.96. The van der Waals surface area contributed by atoms with E-state index in [4.69, 9.17) is 32.5 Å². The molecule has 0 aromatic heterocycles. The quantitative estimate of drug-likeness (QED) is 0.222. The fraction of sp³-hybridized carbons (Fsp3) is 0.500. The number of aliphatic carboxylic acids is 3. The average molecular weight is 494 g/mol. The molecule has 35 heavy (non-hydrogen) atoms. The number of hydrogen-bond donors (Lipinski definition) is 6. The van der Waals surface area contributed by atoms with Crippen LogP contribution in [0.25, 0.3) is 0 Å². The van der Waals surface area contributed by atoms with Crippen LogP contribution in [0.2, 0.25) is 0 Å². The summed E-state index contributed by atoms with van der Waals surface area (Å²) in [6.07, 6.45) is 7.66. The number of carbonyl (C=O) groups is 3. The standard InChI is InChI=1S/C9H11NO2.C7H13NO2.C7H11NO2.C3H8/c10-8(9(11)12)6-7-4-2-1-3-5-7;2*1-2-3-4-5-6(8)7(9)10;1-3-2/h1-5,8H,6,10H2,(H,11,12);3-4,6H,2,5,8H2,1H3,(H,9,10);6H,2,5,8H2,1H3,(H,9,10);3H2,1-2H3/t8-;2*6-;/m000./s1. The zero-order valence-corrected chi connectivity index (χ0v) is 21.3. The molecule has 1 aromatic carbocycles. The summed E-state index contributed by atoms with van der Waals surface area (Å²) in [5.74, 6) is 2.50. The van der Waals surface area contributed by atoms with Gasteiger partial charge >= 0.3 is 17.9 Å². The van der Waals surface area contributed by atoms with E-state index in [-0.39, 0.29) is 6.42 Å². The second-order valence-corrected chi connectivity index (χ2v) is 7.26. The third kappa shape index (κ3) is 26.9. The van der Waals surface area contributed by atoms with E-state index in [9.17, 15) is 14.4 Å². The normalized spacial score (nSPS) is 12.0. The summed E-state index contributed by atoms with van der Waals surface area (Å²) >= 11 is 0. The van der Waals surface area contributed by atoms with Gasteiger partial charge in [0, 0.05) is 12.8 Å². The summed E-state index contributed by atoms with van der Waals surface area (Å²) in [5.41, 5.74) is 16.7. The number of allylic oxidation sites excluding steroid dienone is 1. The van der Waals surface area contributed by atoms with Crippen LogP contribution in [0.5, 0.6) is 0 Å². The highest BCUT2D eigenvalue weighted by molar-refractivity contribution is 5.74. The SMILES string of the molecule is CCC.CCC#CC[C@H](N)C(=O)O.CCC=CC[C@H](N)C(=O)O.N[C@@H](Cc1ccccc1)C(=O)O. The summed E-state index contributed by atoms with van der Waals surface area (Å²) in [7, 11) is 0. The van der Waals surface area contributed by atoms with Crippen molar-refractivity contribution in [3.63, 3.8) is 0 Å². The molecule has 1 aromatic rings. The molecular weight excluding hydrogens is 450 g/mol. The third-order valence-corrected chi connectivity index (χ3v) is 3.67. The minimum Gasteiger partial charge on any atom is -0.480 e. The van der Waals surface area contributed by atoms with Crippen LogP contribution in [0.1, 0.15) is 65.4 Å². The molecule has 0 amide bonds. The Morgan fingerprint density at radius 2 is 1.29 bits per heavy atom. The van der Waals surface area contributed by atoms with E-state index in [0.717, 1.165) is 18.4 Å². The van der Waals surface area contributed by atoms with Crippen molar-refractivity contribution in [3.8, 4) is 11.8 Å².